The molecule has 2 amide bonds. The first-order valence-electron chi connectivity index (χ1n) is 13.8. The molecule has 2 aromatic carbocycles. The Bertz CT molecular complexity index is 996. The number of nitrogens with one attached hydrogen (secondary N) is 2. The second-order valence-corrected chi connectivity index (χ2v) is 9.91. The van der Waals surface area contributed by atoms with Crippen LogP contribution in [0.2, 0.25) is 0 Å². The summed E-state index contributed by atoms with van der Waals surface area (Å²) in [7, 11) is 0. The van der Waals surface area contributed by atoms with E-state index in [0.29, 0.717) is 24.4 Å². The quantitative estimate of drug-likeness (QED) is 0.217. The van der Waals surface area contributed by atoms with Crippen LogP contribution in [0.3, 0.4) is 0 Å². The van der Waals surface area contributed by atoms with Crippen LogP contribution < -0.4 is 15.4 Å². The summed E-state index contributed by atoms with van der Waals surface area (Å²) in [6, 6.07) is 14.1. The van der Waals surface area contributed by atoms with Crippen LogP contribution in [-0.4, -0.2) is 54.1 Å². The maximum Gasteiger partial charge on any atom is 0.262 e. The van der Waals surface area contributed by atoms with Crippen LogP contribution >= 0.6 is 0 Å². The molecule has 0 saturated heterocycles. The zero-order valence-corrected chi connectivity index (χ0v) is 22.4. The number of rotatable bonds is 16. The van der Waals surface area contributed by atoms with Gasteiger partial charge in [0.25, 0.3) is 5.91 Å². The maximum atomic E-state index is 13.1. The lowest BCUT2D eigenvalue weighted by molar-refractivity contribution is -0.133. The molecule has 2 aromatic rings. The Morgan fingerprint density at radius 3 is 2.68 bits per heavy atom. The third kappa shape index (κ3) is 9.08. The first kappa shape index (κ1) is 28.5. The highest BCUT2D eigenvalue weighted by atomic mass is 16.5. The Labute approximate surface area is 221 Å². The summed E-state index contributed by atoms with van der Waals surface area (Å²) in [6.07, 6.45) is 8.45. The Morgan fingerprint density at radius 2 is 1.89 bits per heavy atom. The highest BCUT2D eigenvalue weighted by Crippen LogP contribution is 2.39. The van der Waals surface area contributed by atoms with Gasteiger partial charge in [0.1, 0.15) is 11.4 Å². The lowest BCUT2D eigenvalue weighted by atomic mass is 10.0. The van der Waals surface area contributed by atoms with Gasteiger partial charge in [-0.25, -0.2) is 0 Å². The molecule has 0 fully saturated rings. The zero-order valence-electron chi connectivity index (χ0n) is 22.4. The molecule has 1 heterocycles. The van der Waals surface area contributed by atoms with E-state index in [2.05, 4.69) is 53.6 Å². The molecule has 0 aliphatic carbocycles. The van der Waals surface area contributed by atoms with Crippen molar-refractivity contribution in [1.29, 1.82) is 0 Å². The fraction of sp³-hybridized carbons (Fsp3) is 0.533. The number of nitrogens with zero attached hydrogens (tertiary/aromatic N) is 1. The van der Waals surface area contributed by atoms with Crippen molar-refractivity contribution in [2.75, 3.05) is 31.6 Å². The van der Waals surface area contributed by atoms with Gasteiger partial charge in [-0.3, -0.25) is 9.59 Å². The molecule has 0 unspecified atom stereocenters. The number of benzene rings is 2. The van der Waals surface area contributed by atoms with Crippen LogP contribution in [0, 0.1) is 0 Å². The number of carbonyl (C=O) groups excluding carboxylic acids is 2. The number of aryl methyl sites for hydroxylation is 1. The molecular weight excluding hydrogens is 466 g/mol. The van der Waals surface area contributed by atoms with Crippen molar-refractivity contribution in [2.45, 2.75) is 77.7 Å². The molecule has 202 valence electrons. The van der Waals surface area contributed by atoms with E-state index in [0.717, 1.165) is 70.0 Å². The Hall–Kier alpha value is -3.06. The van der Waals surface area contributed by atoms with E-state index in [1.165, 1.54) is 5.56 Å². The molecule has 1 aliphatic rings. The number of hydrogen-bond acceptors (Lipinski definition) is 5. The number of anilines is 1. The molecule has 0 bridgehead atoms. The molecule has 1 atom stereocenters. The molecule has 0 radical (unpaired) electrons. The summed E-state index contributed by atoms with van der Waals surface area (Å²) in [6.45, 7) is 6.67. The van der Waals surface area contributed by atoms with Gasteiger partial charge in [-0.2, -0.15) is 0 Å². The van der Waals surface area contributed by atoms with Crippen molar-refractivity contribution < 1.29 is 19.4 Å². The summed E-state index contributed by atoms with van der Waals surface area (Å²) in [5, 5.41) is 16.2. The topological polar surface area (TPSA) is 90.9 Å². The summed E-state index contributed by atoms with van der Waals surface area (Å²) in [5.41, 5.74) is 2.66. The van der Waals surface area contributed by atoms with E-state index in [9.17, 15) is 14.7 Å². The van der Waals surface area contributed by atoms with Crippen molar-refractivity contribution >= 4 is 17.5 Å². The van der Waals surface area contributed by atoms with Crippen LogP contribution in [0.1, 0.15) is 69.9 Å². The van der Waals surface area contributed by atoms with Crippen molar-refractivity contribution in [3.63, 3.8) is 0 Å². The van der Waals surface area contributed by atoms with Gasteiger partial charge in [-0.15, -0.1) is 0 Å². The Morgan fingerprint density at radius 1 is 1.08 bits per heavy atom. The Balaban J connectivity index is 1.42. The second-order valence-electron chi connectivity index (χ2n) is 9.91. The van der Waals surface area contributed by atoms with E-state index >= 15 is 0 Å². The van der Waals surface area contributed by atoms with Crippen LogP contribution in [0.15, 0.2) is 42.5 Å². The summed E-state index contributed by atoms with van der Waals surface area (Å²) >= 11 is 0. The SMILES string of the molecule is CCCC[C@@H](C)N(CCCCCc1ccc(O)c2c1OCC(=O)N2)C(=O)CCNCCc1ccccc1. The first-order chi connectivity index (χ1) is 18.0. The first-order valence-corrected chi connectivity index (χ1v) is 13.8. The fourth-order valence-corrected chi connectivity index (χ4v) is 4.77. The van der Waals surface area contributed by atoms with Crippen LogP contribution in [0.25, 0.3) is 0 Å². The second kappa shape index (κ2) is 15.3. The smallest absolute Gasteiger partial charge is 0.262 e. The fourth-order valence-electron chi connectivity index (χ4n) is 4.77. The number of ether oxygens (including phenoxy) is 1. The van der Waals surface area contributed by atoms with E-state index < -0.39 is 0 Å². The number of hydrogen-bond donors (Lipinski definition) is 3. The summed E-state index contributed by atoms with van der Waals surface area (Å²) < 4.78 is 5.59. The summed E-state index contributed by atoms with van der Waals surface area (Å²) in [5.74, 6) is 0.571. The Kier molecular flexibility index (Phi) is 11.8. The average molecular weight is 510 g/mol. The van der Waals surface area contributed by atoms with E-state index in [4.69, 9.17) is 4.74 Å². The third-order valence-corrected chi connectivity index (χ3v) is 6.95. The number of amides is 2. The highest BCUT2D eigenvalue weighted by molar-refractivity contribution is 5.97. The number of fused-ring (bicyclic) bond motifs is 1. The van der Waals surface area contributed by atoms with Crippen LogP contribution in [0.4, 0.5) is 5.69 Å². The molecule has 37 heavy (non-hydrogen) atoms. The predicted molar refractivity (Wildman–Crippen MR) is 148 cm³/mol. The lowest BCUT2D eigenvalue weighted by Crippen LogP contribution is -2.40. The van der Waals surface area contributed by atoms with Gasteiger partial charge < -0.3 is 25.4 Å². The van der Waals surface area contributed by atoms with Crippen molar-refractivity contribution in [3.8, 4) is 11.5 Å². The van der Waals surface area contributed by atoms with Gasteiger partial charge in [0.15, 0.2) is 12.4 Å². The monoisotopic (exact) mass is 509 g/mol. The van der Waals surface area contributed by atoms with Gasteiger partial charge in [-0.05, 0) is 62.8 Å². The molecule has 7 nitrogen and oxygen atoms in total. The lowest BCUT2D eigenvalue weighted by Gasteiger charge is -2.30. The highest BCUT2D eigenvalue weighted by Gasteiger charge is 2.22. The van der Waals surface area contributed by atoms with E-state index in [1.807, 2.05) is 12.1 Å². The van der Waals surface area contributed by atoms with Gasteiger partial charge in [0.2, 0.25) is 5.91 Å². The maximum absolute atomic E-state index is 13.1. The van der Waals surface area contributed by atoms with Crippen LogP contribution in [0.5, 0.6) is 11.5 Å². The van der Waals surface area contributed by atoms with Gasteiger partial charge in [0.05, 0.1) is 0 Å². The average Bonchev–Trinajstić information content (AvgIpc) is 2.91. The molecular formula is C30H43N3O4. The van der Waals surface area contributed by atoms with Gasteiger partial charge in [0, 0.05) is 25.6 Å². The minimum Gasteiger partial charge on any atom is -0.506 e. The standard InChI is InChI=1S/C30H43N3O4/c1-3-4-11-23(2)33(28(36)18-20-31-19-17-24-12-7-5-8-13-24)21-10-6-9-14-25-15-16-26(34)29-30(25)37-22-27(35)32-29/h5,7-8,12-13,15-16,23,31,34H,3-4,6,9-11,14,17-22H2,1-2H3,(H,32,35)/t23-/m1/s1. The van der Waals surface area contributed by atoms with Gasteiger partial charge >= 0.3 is 0 Å². The molecule has 0 saturated carbocycles. The molecule has 0 spiro atoms. The molecule has 1 aliphatic heterocycles. The largest absolute Gasteiger partial charge is 0.506 e. The van der Waals surface area contributed by atoms with Crippen molar-refractivity contribution in [1.82, 2.24) is 10.2 Å². The van der Waals surface area contributed by atoms with Crippen molar-refractivity contribution in [2.24, 2.45) is 0 Å². The number of phenolic OH excluding ortho intramolecular Hbond substituents is 1. The third-order valence-electron chi connectivity index (χ3n) is 6.95. The minimum absolute atomic E-state index is 0.0246. The summed E-state index contributed by atoms with van der Waals surface area (Å²) in [4.78, 5) is 26.8. The normalized spacial score (nSPS) is 13.4. The number of aromatic hydroxyl groups is 1. The molecule has 3 rings (SSSR count). The van der Waals surface area contributed by atoms with Gasteiger partial charge in [-0.1, -0.05) is 62.6 Å². The van der Waals surface area contributed by atoms with Crippen LogP contribution in [-0.2, 0) is 22.4 Å². The molecule has 7 heteroatoms. The van der Waals surface area contributed by atoms with E-state index in [-0.39, 0.29) is 30.2 Å². The number of phenols is 1. The van der Waals surface area contributed by atoms with Crippen molar-refractivity contribution in [3.05, 3.63) is 53.6 Å². The van der Waals surface area contributed by atoms with E-state index in [1.54, 1.807) is 6.07 Å². The number of carbonyl (C=O) groups is 2. The minimum atomic E-state index is -0.256. The number of unbranched alkanes of at least 4 members (excludes halogenated alkanes) is 3. The molecule has 0 aromatic heterocycles. The molecule has 3 N–H and O–H groups in total. The zero-order chi connectivity index (χ0) is 26.5. The predicted octanol–water partition coefficient (Wildman–Crippen LogP) is 5.07.